The van der Waals surface area contributed by atoms with Crippen molar-refractivity contribution >= 4 is 5.78 Å². The summed E-state index contributed by atoms with van der Waals surface area (Å²) in [6.45, 7) is 0. The molecule has 0 aliphatic heterocycles. The van der Waals surface area contributed by atoms with Crippen molar-refractivity contribution in [2.24, 2.45) is 5.92 Å². The molecular weight excluding hydrogens is 217 g/mol. The fraction of sp³-hybridized carbons (Fsp3) is 0.417. The van der Waals surface area contributed by atoms with Crippen molar-refractivity contribution in [2.45, 2.75) is 25.4 Å². The maximum Gasteiger partial charge on any atom is 0.416 e. The van der Waals surface area contributed by atoms with Crippen LogP contribution in [0, 0.1) is 5.92 Å². The molecule has 0 radical (unpaired) electrons. The van der Waals surface area contributed by atoms with E-state index < -0.39 is 11.7 Å². The fourth-order valence-electron chi connectivity index (χ4n) is 1.75. The molecule has 0 heterocycles. The Bertz CT molecular complexity index is 405. The maximum atomic E-state index is 12.4. The third-order valence-electron chi connectivity index (χ3n) is 2.95. The first-order chi connectivity index (χ1) is 7.48. The van der Waals surface area contributed by atoms with Gasteiger partial charge in [-0.1, -0.05) is 18.6 Å². The summed E-state index contributed by atoms with van der Waals surface area (Å²) in [5, 5.41) is 0. The van der Waals surface area contributed by atoms with Gasteiger partial charge in [0.2, 0.25) is 0 Å². The highest BCUT2D eigenvalue weighted by Crippen LogP contribution is 2.33. The topological polar surface area (TPSA) is 17.1 Å². The molecule has 2 rings (SSSR count). The van der Waals surface area contributed by atoms with Crippen LogP contribution in [0.1, 0.15) is 35.2 Å². The normalized spacial score (nSPS) is 16.9. The number of benzene rings is 1. The van der Waals surface area contributed by atoms with Crippen molar-refractivity contribution in [1.82, 2.24) is 0 Å². The van der Waals surface area contributed by atoms with Crippen molar-refractivity contribution in [1.29, 1.82) is 0 Å². The van der Waals surface area contributed by atoms with E-state index in [4.69, 9.17) is 0 Å². The summed E-state index contributed by atoms with van der Waals surface area (Å²) in [5.74, 6) is -0.221. The van der Waals surface area contributed by atoms with Crippen LogP contribution in [0.4, 0.5) is 13.2 Å². The van der Waals surface area contributed by atoms with Gasteiger partial charge in [0.05, 0.1) is 5.56 Å². The van der Waals surface area contributed by atoms with E-state index in [1.807, 2.05) is 0 Å². The number of carbonyl (C=O) groups is 1. The number of alkyl halides is 3. The Hall–Kier alpha value is -1.32. The van der Waals surface area contributed by atoms with Crippen LogP contribution in [0.25, 0.3) is 0 Å². The molecule has 1 fully saturated rings. The van der Waals surface area contributed by atoms with Gasteiger partial charge in [0, 0.05) is 11.5 Å². The molecule has 1 aromatic carbocycles. The zero-order valence-electron chi connectivity index (χ0n) is 8.55. The first-order valence-electron chi connectivity index (χ1n) is 5.20. The SMILES string of the molecule is O=C(c1cccc(C(F)(F)F)c1)C1CCC1. The molecule has 1 aromatic rings. The van der Waals surface area contributed by atoms with Gasteiger partial charge in [0.1, 0.15) is 0 Å². The summed E-state index contributed by atoms with van der Waals surface area (Å²) in [6, 6.07) is 4.67. The van der Waals surface area contributed by atoms with Crippen LogP contribution < -0.4 is 0 Å². The van der Waals surface area contributed by atoms with Crippen LogP contribution in [0.15, 0.2) is 24.3 Å². The molecule has 1 nitrogen and oxygen atoms in total. The average molecular weight is 228 g/mol. The van der Waals surface area contributed by atoms with Gasteiger partial charge in [-0.05, 0) is 25.0 Å². The summed E-state index contributed by atoms with van der Waals surface area (Å²) in [5.41, 5.74) is -0.572. The number of halogens is 3. The molecule has 0 bridgehead atoms. The number of hydrogen-bond donors (Lipinski definition) is 0. The Labute approximate surface area is 91.3 Å². The predicted octanol–water partition coefficient (Wildman–Crippen LogP) is 3.69. The molecule has 0 saturated heterocycles. The molecule has 86 valence electrons. The summed E-state index contributed by atoms with van der Waals surface area (Å²) in [4.78, 5) is 11.7. The molecule has 0 atom stereocenters. The van der Waals surface area contributed by atoms with Gasteiger partial charge in [-0.3, -0.25) is 4.79 Å². The fourth-order valence-corrected chi connectivity index (χ4v) is 1.75. The largest absolute Gasteiger partial charge is 0.416 e. The average Bonchev–Trinajstić information content (AvgIpc) is 2.14. The van der Waals surface area contributed by atoms with Gasteiger partial charge in [0.15, 0.2) is 5.78 Å². The lowest BCUT2D eigenvalue weighted by molar-refractivity contribution is -0.137. The van der Waals surface area contributed by atoms with Crippen molar-refractivity contribution in [3.8, 4) is 0 Å². The molecule has 16 heavy (non-hydrogen) atoms. The van der Waals surface area contributed by atoms with Crippen LogP contribution in [0.2, 0.25) is 0 Å². The molecule has 1 saturated carbocycles. The second-order valence-electron chi connectivity index (χ2n) is 4.07. The van der Waals surface area contributed by atoms with Gasteiger partial charge in [0.25, 0.3) is 0 Å². The van der Waals surface area contributed by atoms with Crippen molar-refractivity contribution in [2.75, 3.05) is 0 Å². The second-order valence-corrected chi connectivity index (χ2v) is 4.07. The first-order valence-corrected chi connectivity index (χ1v) is 5.20. The highest BCUT2D eigenvalue weighted by Gasteiger charge is 2.32. The standard InChI is InChI=1S/C12H11F3O/c13-12(14,15)10-6-2-5-9(7-10)11(16)8-3-1-4-8/h2,5-8H,1,3-4H2. The van der Waals surface area contributed by atoms with Gasteiger partial charge in [-0.15, -0.1) is 0 Å². The Kier molecular flexibility index (Phi) is 2.74. The van der Waals surface area contributed by atoms with Crippen LogP contribution in [-0.4, -0.2) is 5.78 Å². The molecule has 0 spiro atoms. The molecule has 0 unspecified atom stereocenters. The first kappa shape index (κ1) is 11.2. The minimum absolute atomic E-state index is 0.0662. The monoisotopic (exact) mass is 228 g/mol. The third kappa shape index (κ3) is 2.10. The lowest BCUT2D eigenvalue weighted by Crippen LogP contribution is -2.22. The van der Waals surface area contributed by atoms with Gasteiger partial charge in [-0.25, -0.2) is 0 Å². The Morgan fingerprint density at radius 3 is 2.44 bits per heavy atom. The molecule has 1 aliphatic rings. The van der Waals surface area contributed by atoms with E-state index in [0.717, 1.165) is 31.4 Å². The Balaban J connectivity index is 2.25. The number of Topliss-reactive ketones (excluding diaryl/α,β-unsaturated/α-hetero) is 1. The smallest absolute Gasteiger partial charge is 0.294 e. The summed E-state index contributed by atoms with van der Waals surface area (Å²) >= 11 is 0. The van der Waals surface area contributed by atoms with Crippen LogP contribution >= 0.6 is 0 Å². The summed E-state index contributed by atoms with van der Waals surface area (Å²) in [7, 11) is 0. The number of rotatable bonds is 2. The van der Waals surface area contributed by atoms with Gasteiger partial charge >= 0.3 is 6.18 Å². The second kappa shape index (κ2) is 3.92. The predicted molar refractivity (Wildman–Crippen MR) is 53.1 cm³/mol. The highest BCUT2D eigenvalue weighted by atomic mass is 19.4. The van der Waals surface area contributed by atoms with Gasteiger partial charge < -0.3 is 0 Å². The molecule has 4 heteroatoms. The van der Waals surface area contributed by atoms with E-state index in [9.17, 15) is 18.0 Å². The van der Waals surface area contributed by atoms with Crippen LogP contribution in [0.5, 0.6) is 0 Å². The van der Waals surface area contributed by atoms with E-state index >= 15 is 0 Å². The molecule has 0 N–H and O–H groups in total. The van der Waals surface area contributed by atoms with Gasteiger partial charge in [-0.2, -0.15) is 13.2 Å². The van der Waals surface area contributed by atoms with Crippen LogP contribution in [-0.2, 0) is 6.18 Å². The number of ketones is 1. The number of carbonyl (C=O) groups excluding carboxylic acids is 1. The van der Waals surface area contributed by atoms with E-state index in [0.29, 0.717) is 0 Å². The van der Waals surface area contributed by atoms with Crippen molar-refractivity contribution < 1.29 is 18.0 Å². The maximum absolute atomic E-state index is 12.4. The van der Waals surface area contributed by atoms with E-state index in [1.54, 1.807) is 0 Å². The van der Waals surface area contributed by atoms with E-state index in [-0.39, 0.29) is 17.3 Å². The lowest BCUT2D eigenvalue weighted by Gasteiger charge is -2.24. The lowest BCUT2D eigenvalue weighted by atomic mass is 9.80. The minimum atomic E-state index is -4.38. The Morgan fingerprint density at radius 2 is 1.94 bits per heavy atom. The zero-order valence-corrected chi connectivity index (χ0v) is 8.55. The zero-order chi connectivity index (χ0) is 11.8. The minimum Gasteiger partial charge on any atom is -0.294 e. The molecular formula is C12H11F3O. The molecule has 0 amide bonds. The highest BCUT2D eigenvalue weighted by molar-refractivity contribution is 5.98. The van der Waals surface area contributed by atoms with Crippen LogP contribution in [0.3, 0.4) is 0 Å². The van der Waals surface area contributed by atoms with Crippen molar-refractivity contribution in [3.05, 3.63) is 35.4 Å². The molecule has 1 aliphatic carbocycles. The summed E-state index contributed by atoms with van der Waals surface area (Å²) < 4.78 is 37.3. The van der Waals surface area contributed by atoms with E-state index in [2.05, 4.69) is 0 Å². The van der Waals surface area contributed by atoms with E-state index in [1.165, 1.54) is 12.1 Å². The Morgan fingerprint density at radius 1 is 1.25 bits per heavy atom. The number of hydrogen-bond acceptors (Lipinski definition) is 1. The summed E-state index contributed by atoms with van der Waals surface area (Å²) in [6.07, 6.45) is -1.78. The molecule has 0 aromatic heterocycles. The van der Waals surface area contributed by atoms with Crippen molar-refractivity contribution in [3.63, 3.8) is 0 Å². The third-order valence-corrected chi connectivity index (χ3v) is 2.95. The quantitative estimate of drug-likeness (QED) is 0.705.